The van der Waals surface area contributed by atoms with Crippen LogP contribution in [0.2, 0.25) is 5.15 Å². The van der Waals surface area contributed by atoms with E-state index in [1.807, 2.05) is 6.07 Å². The first-order chi connectivity index (χ1) is 17.3. The lowest BCUT2D eigenvalue weighted by molar-refractivity contribution is -0.191. The van der Waals surface area contributed by atoms with Crippen LogP contribution in [-0.4, -0.2) is 63.7 Å². The molecule has 2 aliphatic heterocycles. The van der Waals surface area contributed by atoms with Crippen LogP contribution in [0.15, 0.2) is 30.5 Å². The molecule has 1 aromatic carbocycles. The van der Waals surface area contributed by atoms with Crippen molar-refractivity contribution in [3.05, 3.63) is 57.9 Å². The van der Waals surface area contributed by atoms with Crippen LogP contribution in [0.5, 0.6) is 5.75 Å². The van der Waals surface area contributed by atoms with E-state index in [4.69, 9.17) is 22.1 Å². The van der Waals surface area contributed by atoms with Gasteiger partial charge in [0, 0.05) is 24.3 Å². The normalized spacial score (nSPS) is 34.0. The monoisotopic (exact) mass is 508 g/mol. The van der Waals surface area contributed by atoms with Crippen molar-refractivity contribution >= 4 is 23.4 Å². The Morgan fingerprint density at radius 3 is 2.78 bits per heavy atom. The summed E-state index contributed by atoms with van der Waals surface area (Å²) in [5, 5.41) is 16.0. The molecule has 3 heterocycles. The van der Waals surface area contributed by atoms with E-state index in [9.17, 15) is 14.7 Å². The first-order valence-corrected chi connectivity index (χ1v) is 13.2. The smallest absolute Gasteiger partial charge is 0.253 e. The van der Waals surface area contributed by atoms with E-state index in [-0.39, 0.29) is 18.0 Å². The Balaban J connectivity index is 1.31. The number of ether oxygens (including phenoxy) is 1. The molecule has 0 unspecified atom stereocenters. The van der Waals surface area contributed by atoms with Crippen LogP contribution in [0.4, 0.5) is 0 Å². The number of aromatic nitrogens is 1. The number of hydrogen-bond donors (Lipinski definition) is 3. The van der Waals surface area contributed by atoms with Crippen molar-refractivity contribution in [1.29, 1.82) is 0 Å². The van der Waals surface area contributed by atoms with E-state index in [1.165, 1.54) is 19.0 Å². The number of piperidine rings is 1. The number of primary amides is 1. The minimum Gasteiger partial charge on any atom is -0.486 e. The number of carbonyl (C=O) groups is 2. The molecule has 4 N–H and O–H groups in total. The molecule has 1 aromatic heterocycles. The van der Waals surface area contributed by atoms with Gasteiger partial charge in [-0.3, -0.25) is 14.5 Å². The second kappa shape index (κ2) is 7.66. The van der Waals surface area contributed by atoms with Gasteiger partial charge in [-0.2, -0.15) is 0 Å². The predicted octanol–water partition coefficient (Wildman–Crippen LogP) is 2.20. The molecule has 36 heavy (non-hydrogen) atoms. The summed E-state index contributed by atoms with van der Waals surface area (Å²) in [5.74, 6) is 0.398. The zero-order chi connectivity index (χ0) is 24.8. The molecule has 2 aromatic rings. The first-order valence-electron chi connectivity index (χ1n) is 12.8. The minimum atomic E-state index is -1.01. The first kappa shape index (κ1) is 22.5. The fraction of sp³-hybridized carbons (Fsp3) is 0.519. The molecule has 1 spiro atoms. The van der Waals surface area contributed by atoms with Crippen LogP contribution in [0.1, 0.15) is 63.9 Å². The van der Waals surface area contributed by atoms with Gasteiger partial charge in [0.05, 0.1) is 28.2 Å². The summed E-state index contributed by atoms with van der Waals surface area (Å²) in [6, 6.07) is 6.60. The van der Waals surface area contributed by atoms with Crippen LogP contribution < -0.4 is 15.8 Å². The Kier molecular flexibility index (Phi) is 4.79. The van der Waals surface area contributed by atoms with Gasteiger partial charge in [0.1, 0.15) is 17.0 Å². The summed E-state index contributed by atoms with van der Waals surface area (Å²) in [5.41, 5.74) is 6.82. The number of nitrogens with one attached hydrogen (secondary N) is 1. The van der Waals surface area contributed by atoms with Crippen molar-refractivity contribution in [1.82, 2.24) is 15.2 Å². The highest BCUT2D eigenvalue weighted by atomic mass is 35.5. The quantitative estimate of drug-likeness (QED) is 0.533. The van der Waals surface area contributed by atoms with Gasteiger partial charge in [0.2, 0.25) is 0 Å². The number of nitrogens with zero attached hydrogens (tertiary/aromatic N) is 2. The fourth-order valence-electron chi connectivity index (χ4n) is 7.60. The SMILES string of the molecule is NC(=O)c1ccc2c3c1O[C@H]1[C@H](NC(=O)c4ccc(Cl)nc4)CC[C@@]4(O)[C@@H](C2)N(CC2CC2)CC[C@]314. The average molecular weight is 509 g/mol. The molecule has 5 atom stereocenters. The number of amides is 2. The number of likely N-dealkylation sites (tertiary alicyclic amines) is 1. The van der Waals surface area contributed by atoms with Gasteiger partial charge < -0.3 is 20.9 Å². The average Bonchev–Trinajstić information content (AvgIpc) is 3.59. The standard InChI is InChI=1S/C27H29ClN4O4/c28-20-6-4-16(12-30-20)25(34)31-18-7-8-27(35)19-11-15-3-5-17(24(29)33)22-21(15)26(27,23(18)36-22)9-10-32(19)13-14-1-2-14/h3-6,12,14,18-19,23,35H,1-2,7-11,13H2,(H2,29,33)(H,31,34)/t18-,19-,23+,26+,27-/m1/s1. The topological polar surface area (TPSA) is 118 Å². The highest BCUT2D eigenvalue weighted by Crippen LogP contribution is 2.64. The minimum absolute atomic E-state index is 0.0204. The predicted molar refractivity (Wildman–Crippen MR) is 132 cm³/mol. The number of halogens is 1. The van der Waals surface area contributed by atoms with Gasteiger partial charge >= 0.3 is 0 Å². The zero-order valence-corrected chi connectivity index (χ0v) is 20.6. The molecule has 0 radical (unpaired) electrons. The molecular formula is C27H29ClN4O4. The Labute approximate surface area is 214 Å². The van der Waals surface area contributed by atoms with Crippen LogP contribution in [-0.2, 0) is 11.8 Å². The van der Waals surface area contributed by atoms with E-state index in [0.29, 0.717) is 41.3 Å². The van der Waals surface area contributed by atoms with Gasteiger partial charge in [0.15, 0.2) is 0 Å². The maximum Gasteiger partial charge on any atom is 0.253 e. The Bertz CT molecular complexity index is 1280. The third-order valence-electron chi connectivity index (χ3n) is 9.35. The summed E-state index contributed by atoms with van der Waals surface area (Å²) in [4.78, 5) is 32.0. The Morgan fingerprint density at radius 1 is 1.22 bits per heavy atom. The van der Waals surface area contributed by atoms with Crippen molar-refractivity contribution in [3.8, 4) is 5.75 Å². The van der Waals surface area contributed by atoms with Gasteiger partial charge in [-0.15, -0.1) is 0 Å². The van der Waals surface area contributed by atoms with Gasteiger partial charge in [-0.05, 0) is 74.8 Å². The molecule has 2 saturated carbocycles. The van der Waals surface area contributed by atoms with Crippen LogP contribution in [0.25, 0.3) is 0 Å². The molecule has 188 valence electrons. The number of pyridine rings is 1. The summed E-state index contributed by atoms with van der Waals surface area (Å²) in [6.45, 7) is 1.87. The number of aliphatic hydroxyl groups is 1. The van der Waals surface area contributed by atoms with Gasteiger partial charge in [-0.25, -0.2) is 4.98 Å². The summed E-state index contributed by atoms with van der Waals surface area (Å²) >= 11 is 5.90. The highest BCUT2D eigenvalue weighted by Gasteiger charge is 2.73. The third kappa shape index (κ3) is 2.98. The Hall–Kier alpha value is -2.68. The second-order valence-corrected chi connectivity index (χ2v) is 11.6. The van der Waals surface area contributed by atoms with Crippen molar-refractivity contribution in [2.75, 3.05) is 13.1 Å². The number of rotatable bonds is 5. The lowest BCUT2D eigenvalue weighted by Crippen LogP contribution is -2.78. The lowest BCUT2D eigenvalue weighted by atomic mass is 9.48. The van der Waals surface area contributed by atoms with E-state index < -0.39 is 23.0 Å². The van der Waals surface area contributed by atoms with E-state index >= 15 is 0 Å². The second-order valence-electron chi connectivity index (χ2n) is 11.2. The Morgan fingerprint density at radius 2 is 2.06 bits per heavy atom. The highest BCUT2D eigenvalue weighted by molar-refractivity contribution is 6.29. The molecule has 2 amide bonds. The van der Waals surface area contributed by atoms with Crippen molar-refractivity contribution in [3.63, 3.8) is 0 Å². The fourth-order valence-corrected chi connectivity index (χ4v) is 7.71. The largest absolute Gasteiger partial charge is 0.486 e. The van der Waals surface area contributed by atoms with Crippen molar-refractivity contribution < 1.29 is 19.4 Å². The van der Waals surface area contributed by atoms with E-state index in [1.54, 1.807) is 18.2 Å². The lowest BCUT2D eigenvalue weighted by Gasteiger charge is -2.64. The molecular weight excluding hydrogens is 480 g/mol. The summed E-state index contributed by atoms with van der Waals surface area (Å²) < 4.78 is 6.60. The van der Waals surface area contributed by atoms with Gasteiger partial charge in [-0.1, -0.05) is 17.7 Å². The summed E-state index contributed by atoms with van der Waals surface area (Å²) in [7, 11) is 0. The summed E-state index contributed by atoms with van der Waals surface area (Å²) in [6.07, 6.45) is 6.01. The molecule has 1 saturated heterocycles. The molecule has 2 bridgehead atoms. The molecule has 9 heteroatoms. The van der Waals surface area contributed by atoms with Crippen molar-refractivity contribution in [2.24, 2.45) is 11.7 Å². The van der Waals surface area contributed by atoms with Crippen LogP contribution in [0, 0.1) is 5.92 Å². The van der Waals surface area contributed by atoms with Gasteiger partial charge in [0.25, 0.3) is 11.8 Å². The number of nitrogens with two attached hydrogens (primary N) is 1. The third-order valence-corrected chi connectivity index (χ3v) is 9.58. The molecule has 3 aliphatic carbocycles. The molecule has 7 rings (SSSR count). The maximum atomic E-state index is 13.2. The molecule has 3 fully saturated rings. The van der Waals surface area contributed by atoms with E-state index in [0.717, 1.165) is 36.6 Å². The molecule has 5 aliphatic rings. The number of carbonyl (C=O) groups excluding carboxylic acids is 2. The molecule has 8 nitrogen and oxygen atoms in total. The number of hydrogen-bond acceptors (Lipinski definition) is 6. The van der Waals surface area contributed by atoms with Crippen LogP contribution >= 0.6 is 11.6 Å². The maximum absolute atomic E-state index is 13.2. The number of benzene rings is 1. The van der Waals surface area contributed by atoms with Crippen molar-refractivity contribution in [2.45, 2.75) is 67.7 Å². The zero-order valence-electron chi connectivity index (χ0n) is 19.9. The van der Waals surface area contributed by atoms with E-state index in [2.05, 4.69) is 15.2 Å². The van der Waals surface area contributed by atoms with Crippen LogP contribution in [0.3, 0.4) is 0 Å².